The molecular weight excluding hydrogens is 1140 g/mol. The number of thiol groups is 2. The number of nitrogens with two attached hydrogens (primary N) is 3. The van der Waals surface area contributed by atoms with Crippen molar-refractivity contribution in [3.8, 4) is 0 Å². The molecule has 10 amide bonds. The van der Waals surface area contributed by atoms with Gasteiger partial charge in [0, 0.05) is 37.2 Å². The van der Waals surface area contributed by atoms with Crippen molar-refractivity contribution in [2.45, 2.75) is 145 Å². The van der Waals surface area contributed by atoms with E-state index in [0.717, 1.165) is 0 Å². The molecule has 3 aromatic carbocycles. The Bertz CT molecular complexity index is 2730. The molecule has 3 rings (SSSR count). The molecule has 17 N–H and O–H groups in total. The second-order valence-electron chi connectivity index (χ2n) is 20.6. The van der Waals surface area contributed by atoms with Crippen LogP contribution >= 0.6 is 25.3 Å². The van der Waals surface area contributed by atoms with Crippen LogP contribution in [0.25, 0.3) is 0 Å². The lowest BCUT2D eigenvalue weighted by atomic mass is 10.0. The molecule has 3 aromatic rings. The van der Waals surface area contributed by atoms with Crippen LogP contribution in [-0.2, 0) is 76.8 Å². The highest BCUT2D eigenvalue weighted by Gasteiger charge is 2.35. The molecule has 28 heteroatoms. The number of hydrogen-bond acceptors (Lipinski definition) is 16. The fraction of sp³-hybridized carbons (Fsp3) is 0.474. The predicted molar refractivity (Wildman–Crippen MR) is 320 cm³/mol. The molecule has 0 radical (unpaired) electrons. The van der Waals surface area contributed by atoms with Gasteiger partial charge in [-0.15, -0.1) is 0 Å². The highest BCUT2D eigenvalue weighted by molar-refractivity contribution is 7.80. The minimum atomic E-state index is -1.55. The number of benzene rings is 3. The molecule has 0 heterocycles. The van der Waals surface area contributed by atoms with E-state index in [1.54, 1.807) is 105 Å². The van der Waals surface area contributed by atoms with Crippen molar-refractivity contribution in [3.05, 3.63) is 108 Å². The summed E-state index contributed by atoms with van der Waals surface area (Å²) in [6.07, 6.45) is -0.817. The zero-order valence-electron chi connectivity index (χ0n) is 47.6. The number of carboxylic acids is 2. The fourth-order valence-electron chi connectivity index (χ4n) is 8.44. The van der Waals surface area contributed by atoms with E-state index >= 15 is 0 Å². The molecule has 0 spiro atoms. The fourth-order valence-corrected chi connectivity index (χ4v) is 8.96. The maximum absolute atomic E-state index is 14.6. The van der Waals surface area contributed by atoms with E-state index in [0.29, 0.717) is 36.1 Å². The Morgan fingerprint density at radius 2 is 0.800 bits per heavy atom. The third-order valence-corrected chi connectivity index (χ3v) is 13.8. The van der Waals surface area contributed by atoms with Crippen LogP contribution in [0.5, 0.6) is 0 Å². The van der Waals surface area contributed by atoms with Gasteiger partial charge in [0.25, 0.3) is 0 Å². The van der Waals surface area contributed by atoms with Gasteiger partial charge in [0.15, 0.2) is 0 Å². The molecule has 85 heavy (non-hydrogen) atoms. The third kappa shape index (κ3) is 26.2. The lowest BCUT2D eigenvalue weighted by molar-refractivity contribution is -0.142. The summed E-state index contributed by atoms with van der Waals surface area (Å²) >= 11 is 8.62. The number of nitrogens with one attached hydrogen (secondary N) is 9. The normalized spacial score (nSPS) is 14.5. The van der Waals surface area contributed by atoms with E-state index in [1.165, 1.54) is 6.92 Å². The molecule has 26 nitrogen and oxygen atoms in total. The minimum absolute atomic E-state index is 0.0617. The second-order valence-corrected chi connectivity index (χ2v) is 21.3. The molecule has 0 aliphatic rings. The maximum atomic E-state index is 14.6. The van der Waals surface area contributed by atoms with Gasteiger partial charge in [0.05, 0.1) is 12.5 Å². The molecule has 0 saturated carbocycles. The topological polar surface area (TPSA) is 432 Å². The third-order valence-electron chi connectivity index (χ3n) is 13.1. The average Bonchev–Trinajstić information content (AvgIpc) is 3.58. The molecule has 0 saturated heterocycles. The monoisotopic (exact) mass is 1220 g/mol. The number of carbonyl (C=O) groups is 12. The van der Waals surface area contributed by atoms with Crippen LogP contribution in [0.3, 0.4) is 0 Å². The number of carbonyl (C=O) groups excluding carboxylic acids is 10. The van der Waals surface area contributed by atoms with E-state index in [1.807, 2.05) is 0 Å². The zero-order valence-corrected chi connectivity index (χ0v) is 49.4. The highest BCUT2D eigenvalue weighted by atomic mass is 32.1. The Morgan fingerprint density at radius 3 is 1.16 bits per heavy atom. The number of unbranched alkanes of at least 4 members (excludes halogenated alkanes) is 1. The van der Waals surface area contributed by atoms with Crippen LogP contribution in [0.1, 0.15) is 82.4 Å². The van der Waals surface area contributed by atoms with Crippen LogP contribution in [-0.4, -0.2) is 160 Å². The summed E-state index contributed by atoms with van der Waals surface area (Å²) in [6, 6.07) is 11.5. The Balaban J connectivity index is 1.88. The van der Waals surface area contributed by atoms with E-state index in [9.17, 15) is 62.6 Å². The lowest BCUT2D eigenvalue weighted by Crippen LogP contribution is -2.61. The van der Waals surface area contributed by atoms with Gasteiger partial charge >= 0.3 is 11.9 Å². The first-order valence-electron chi connectivity index (χ1n) is 27.6. The number of hydrogen-bond donors (Lipinski definition) is 16. The van der Waals surface area contributed by atoms with Crippen LogP contribution < -0.4 is 65.1 Å². The van der Waals surface area contributed by atoms with E-state index in [2.05, 4.69) is 73.1 Å². The first-order chi connectivity index (χ1) is 40.3. The van der Waals surface area contributed by atoms with E-state index < -0.39 is 144 Å². The van der Waals surface area contributed by atoms with Crippen LogP contribution in [0, 0.1) is 5.92 Å². The van der Waals surface area contributed by atoms with Crippen molar-refractivity contribution < 1.29 is 67.7 Å². The van der Waals surface area contributed by atoms with Crippen LogP contribution in [0.4, 0.5) is 0 Å². The van der Waals surface area contributed by atoms with Gasteiger partial charge < -0.3 is 75.3 Å². The Kier molecular flexibility index (Phi) is 31.2. The summed E-state index contributed by atoms with van der Waals surface area (Å²) in [4.78, 5) is 160. The molecule has 0 unspecified atom stereocenters. The molecule has 0 aliphatic carbocycles. The number of aliphatic carboxylic acids is 2. The van der Waals surface area contributed by atoms with Gasteiger partial charge in [-0.1, -0.05) is 105 Å². The molecule has 0 bridgehead atoms. The largest absolute Gasteiger partial charge is 0.481 e. The Labute approximate surface area is 504 Å². The van der Waals surface area contributed by atoms with Crippen molar-refractivity contribution in [2.24, 2.45) is 23.1 Å². The van der Waals surface area contributed by atoms with Crippen LogP contribution in [0.15, 0.2) is 91.0 Å². The zero-order chi connectivity index (χ0) is 63.2. The number of carboxylic acid groups (broad SMARTS) is 2. The van der Waals surface area contributed by atoms with Gasteiger partial charge in [-0.2, -0.15) is 25.3 Å². The molecular formula is C57H80N12O14S2. The van der Waals surface area contributed by atoms with Gasteiger partial charge in [-0.05, 0) is 68.2 Å². The van der Waals surface area contributed by atoms with Crippen LogP contribution in [0.2, 0.25) is 0 Å². The molecule has 0 aliphatic heterocycles. The molecule has 10 atom stereocenters. The summed E-state index contributed by atoms with van der Waals surface area (Å²) in [5.41, 5.74) is 18.4. The van der Waals surface area contributed by atoms with Crippen molar-refractivity contribution in [2.75, 3.05) is 18.1 Å². The van der Waals surface area contributed by atoms with Crippen molar-refractivity contribution in [3.63, 3.8) is 0 Å². The van der Waals surface area contributed by atoms with Gasteiger partial charge in [0.1, 0.15) is 54.4 Å². The van der Waals surface area contributed by atoms with Crippen molar-refractivity contribution >= 4 is 96.3 Å². The van der Waals surface area contributed by atoms with Crippen molar-refractivity contribution in [1.82, 2.24) is 47.9 Å². The molecule has 0 aromatic heterocycles. The lowest BCUT2D eigenvalue weighted by Gasteiger charge is -2.28. The molecule has 464 valence electrons. The number of primary amides is 1. The van der Waals surface area contributed by atoms with E-state index in [-0.39, 0.29) is 55.9 Å². The summed E-state index contributed by atoms with van der Waals surface area (Å²) in [5, 5.41) is 41.8. The summed E-state index contributed by atoms with van der Waals surface area (Å²) in [5.74, 6) is -12.4. The highest BCUT2D eigenvalue weighted by Crippen LogP contribution is 2.12. The first-order valence-corrected chi connectivity index (χ1v) is 28.9. The summed E-state index contributed by atoms with van der Waals surface area (Å²) < 4.78 is 0. The average molecular weight is 1220 g/mol. The smallest absolute Gasteiger partial charge is 0.326 e. The van der Waals surface area contributed by atoms with Gasteiger partial charge in [0.2, 0.25) is 59.1 Å². The standard InChI is InChI=1S/C57H80N12O14S2/c1-32(2)25-40(64-49(74)37(59)29-47(71)72)51(76)61-33(3)48(73)62-38(22-23-46(60)70)50(75)68-44(30-84)55(80)67-42(27-35-17-9-5-10-18-35)53(78)65-43(28-36-19-11-6-12-20-36)54(79)69-45(31-85)56(81)66-41(26-34-15-7-4-8-16-34)52(77)63-39(57(82)83)21-13-14-24-58/h4-12,15-20,32-33,37-45,84-85H,13-14,21-31,58-59H2,1-3H3,(H2,60,70)(H,61,76)(H,62,73)(H,63,77)(H,64,74)(H,65,78)(H,66,81)(H,67,80)(H,68,75)(H,69,79)(H,71,72)(H,82,83)/t33-,37-,38-,39-,40-,41-,42-,43-,44-,45-/m0/s1. The number of rotatable bonds is 38. The SMILES string of the molecule is CC(C)C[C@H](NC(=O)[C@@H](N)CC(=O)O)C(=O)N[C@@H](C)C(=O)N[C@@H](CCC(N)=O)C(=O)N[C@@H](CS)C(=O)N[C@@H](Cc1ccccc1)C(=O)N[C@@H](Cc1ccccc1)C(=O)N[C@@H](CS)C(=O)N[C@@H](Cc1ccccc1)C(=O)N[C@@H](CCCCN)C(=O)O. The maximum Gasteiger partial charge on any atom is 0.326 e. The molecule has 0 fully saturated rings. The van der Waals surface area contributed by atoms with Gasteiger partial charge in [-0.3, -0.25) is 52.7 Å². The van der Waals surface area contributed by atoms with E-state index in [4.69, 9.17) is 22.3 Å². The second kappa shape index (κ2) is 37.3. The van der Waals surface area contributed by atoms with Gasteiger partial charge in [-0.25, -0.2) is 4.79 Å². The Hall–Kier alpha value is -8.08. The minimum Gasteiger partial charge on any atom is -0.481 e. The first kappa shape index (κ1) is 71.2. The predicted octanol–water partition coefficient (Wildman–Crippen LogP) is -1.72. The summed E-state index contributed by atoms with van der Waals surface area (Å²) in [6.45, 7) is 5.09. The number of amides is 10. The Morgan fingerprint density at radius 1 is 0.447 bits per heavy atom. The van der Waals surface area contributed by atoms with Crippen molar-refractivity contribution in [1.29, 1.82) is 0 Å². The summed E-state index contributed by atoms with van der Waals surface area (Å²) in [7, 11) is 0. The quantitative estimate of drug-likeness (QED) is 0.0224.